The molecule has 1 atom stereocenters. The fraction of sp³-hybridized carbons (Fsp3) is 0.591. The zero-order chi connectivity index (χ0) is 21.1. The van der Waals surface area contributed by atoms with E-state index >= 15 is 0 Å². The molecule has 5 nitrogen and oxygen atoms in total. The van der Waals surface area contributed by atoms with Crippen LogP contribution in [0.4, 0.5) is 13.2 Å². The molecular weight excluding hydrogens is 393 g/mol. The molecule has 1 saturated carbocycles. The van der Waals surface area contributed by atoms with Crippen molar-refractivity contribution in [3.05, 3.63) is 53.9 Å². The van der Waals surface area contributed by atoms with Gasteiger partial charge in [-0.05, 0) is 50.8 Å². The van der Waals surface area contributed by atoms with E-state index in [9.17, 15) is 13.2 Å². The third kappa shape index (κ3) is 4.64. The lowest BCUT2D eigenvalue weighted by Crippen LogP contribution is -2.47. The fourth-order valence-corrected chi connectivity index (χ4v) is 4.95. The van der Waals surface area contributed by atoms with Crippen LogP contribution in [-0.2, 0) is 22.9 Å². The Hall–Kier alpha value is -2.06. The van der Waals surface area contributed by atoms with Gasteiger partial charge in [0.1, 0.15) is 0 Å². The monoisotopic (exact) mass is 420 g/mol. The van der Waals surface area contributed by atoms with Gasteiger partial charge in [-0.1, -0.05) is 18.9 Å². The Bertz CT molecular complexity index is 823. The molecule has 162 valence electrons. The van der Waals surface area contributed by atoms with Crippen LogP contribution in [0.3, 0.4) is 0 Å². The lowest BCUT2D eigenvalue weighted by Gasteiger charge is -2.46. The smallest absolute Gasteiger partial charge is 0.375 e. The summed E-state index contributed by atoms with van der Waals surface area (Å²) in [7, 11) is 0. The van der Waals surface area contributed by atoms with E-state index < -0.39 is 12.0 Å². The van der Waals surface area contributed by atoms with Crippen molar-refractivity contribution in [2.24, 2.45) is 0 Å². The molecule has 0 aromatic carbocycles. The van der Waals surface area contributed by atoms with Crippen LogP contribution in [0.1, 0.15) is 62.0 Å². The van der Waals surface area contributed by atoms with E-state index in [4.69, 9.17) is 4.74 Å². The fourth-order valence-electron chi connectivity index (χ4n) is 4.95. The summed E-state index contributed by atoms with van der Waals surface area (Å²) in [4.78, 5) is 11.5. The first-order valence-electron chi connectivity index (χ1n) is 10.6. The number of hydrogen-bond acceptors (Lipinski definition) is 5. The van der Waals surface area contributed by atoms with E-state index in [2.05, 4.69) is 26.3 Å². The highest BCUT2D eigenvalue weighted by atomic mass is 19.4. The van der Waals surface area contributed by atoms with Crippen LogP contribution in [0.25, 0.3) is 0 Å². The van der Waals surface area contributed by atoms with Crippen molar-refractivity contribution < 1.29 is 17.9 Å². The molecule has 1 aliphatic carbocycles. The van der Waals surface area contributed by atoms with Gasteiger partial charge in [-0.2, -0.15) is 13.2 Å². The molecule has 2 aliphatic rings. The molecule has 1 aliphatic heterocycles. The highest BCUT2D eigenvalue weighted by Crippen LogP contribution is 2.49. The van der Waals surface area contributed by atoms with Crippen molar-refractivity contribution in [3.63, 3.8) is 0 Å². The minimum Gasteiger partial charge on any atom is -0.375 e. The summed E-state index contributed by atoms with van der Waals surface area (Å²) >= 11 is 0. The van der Waals surface area contributed by atoms with Crippen molar-refractivity contribution in [1.29, 1.82) is 0 Å². The van der Waals surface area contributed by atoms with Gasteiger partial charge >= 0.3 is 6.18 Å². The van der Waals surface area contributed by atoms with Crippen molar-refractivity contribution in [3.8, 4) is 0 Å². The molecule has 1 spiro atoms. The Morgan fingerprint density at radius 2 is 1.80 bits per heavy atom. The molecule has 3 heterocycles. The second-order valence-corrected chi connectivity index (χ2v) is 8.50. The Morgan fingerprint density at radius 1 is 1.03 bits per heavy atom. The summed E-state index contributed by atoms with van der Waals surface area (Å²) in [5.41, 5.74) is 1.67. The predicted octanol–water partition coefficient (Wildman–Crippen LogP) is 4.43. The van der Waals surface area contributed by atoms with E-state index in [1.54, 1.807) is 0 Å². The molecule has 8 heteroatoms. The lowest BCUT2D eigenvalue weighted by molar-refractivity contribution is -0.145. The van der Waals surface area contributed by atoms with Gasteiger partial charge in [-0.25, -0.2) is 9.97 Å². The summed E-state index contributed by atoms with van der Waals surface area (Å²) in [6.45, 7) is 1.90. The first-order chi connectivity index (χ1) is 14.4. The number of rotatable bonds is 6. The second-order valence-electron chi connectivity index (χ2n) is 8.50. The van der Waals surface area contributed by atoms with Gasteiger partial charge in [0.2, 0.25) is 5.82 Å². The van der Waals surface area contributed by atoms with Crippen molar-refractivity contribution in [1.82, 2.24) is 20.3 Å². The van der Waals surface area contributed by atoms with Crippen molar-refractivity contribution >= 4 is 0 Å². The average molecular weight is 420 g/mol. The van der Waals surface area contributed by atoms with Gasteiger partial charge in [0.15, 0.2) is 0 Å². The second kappa shape index (κ2) is 8.59. The number of halogens is 3. The molecule has 1 saturated heterocycles. The molecule has 2 fully saturated rings. The van der Waals surface area contributed by atoms with Gasteiger partial charge in [-0.15, -0.1) is 0 Å². The summed E-state index contributed by atoms with van der Waals surface area (Å²) < 4.78 is 44.1. The van der Waals surface area contributed by atoms with Crippen LogP contribution in [0.2, 0.25) is 0 Å². The third-order valence-corrected chi connectivity index (χ3v) is 6.44. The molecule has 0 bridgehead atoms. The van der Waals surface area contributed by atoms with Gasteiger partial charge in [-0.3, -0.25) is 4.98 Å². The average Bonchev–Trinajstić information content (AvgIpc) is 3.19. The van der Waals surface area contributed by atoms with Crippen molar-refractivity contribution in [2.75, 3.05) is 13.2 Å². The molecule has 0 amide bonds. The number of hydrogen-bond donors (Lipinski definition) is 1. The SMILES string of the molecule is FC(F)(F)c1ncc(CNCCC2(c3ccccn3)CCOC3(CCCC3)C2)cn1. The van der Waals surface area contributed by atoms with E-state index in [0.717, 1.165) is 50.9 Å². The van der Waals surface area contributed by atoms with Crippen LogP contribution < -0.4 is 5.32 Å². The molecule has 1 N–H and O–H groups in total. The topological polar surface area (TPSA) is 59.9 Å². The molecular formula is C22H27F3N4O. The number of aromatic nitrogens is 3. The molecule has 4 rings (SSSR count). The minimum absolute atomic E-state index is 0.0307. The highest BCUT2D eigenvalue weighted by Gasteiger charge is 2.48. The van der Waals surface area contributed by atoms with Gasteiger partial charge in [0.25, 0.3) is 0 Å². The number of ether oxygens (including phenoxy) is 1. The highest BCUT2D eigenvalue weighted by molar-refractivity contribution is 5.20. The molecule has 2 aromatic heterocycles. The van der Waals surface area contributed by atoms with Crippen LogP contribution in [-0.4, -0.2) is 33.7 Å². The number of pyridine rings is 1. The quantitative estimate of drug-likeness (QED) is 0.701. The minimum atomic E-state index is -4.51. The van der Waals surface area contributed by atoms with Crippen LogP contribution in [0, 0.1) is 0 Å². The summed E-state index contributed by atoms with van der Waals surface area (Å²) in [6.07, 6.45) is 7.25. The summed E-state index contributed by atoms with van der Waals surface area (Å²) in [5, 5.41) is 3.35. The van der Waals surface area contributed by atoms with Crippen molar-refractivity contribution in [2.45, 2.75) is 68.7 Å². The van der Waals surface area contributed by atoms with E-state index in [1.165, 1.54) is 25.2 Å². The maximum atomic E-state index is 12.6. The lowest BCUT2D eigenvalue weighted by atomic mass is 9.68. The van der Waals surface area contributed by atoms with Gasteiger partial charge < -0.3 is 10.1 Å². The predicted molar refractivity (Wildman–Crippen MR) is 106 cm³/mol. The largest absolute Gasteiger partial charge is 0.451 e. The Labute approximate surface area is 174 Å². The Kier molecular flexibility index (Phi) is 6.06. The van der Waals surface area contributed by atoms with E-state index in [-0.39, 0.29) is 11.0 Å². The maximum Gasteiger partial charge on any atom is 0.451 e. The van der Waals surface area contributed by atoms with Crippen LogP contribution in [0.5, 0.6) is 0 Å². The molecule has 30 heavy (non-hydrogen) atoms. The maximum absolute atomic E-state index is 12.6. The van der Waals surface area contributed by atoms with E-state index in [0.29, 0.717) is 12.1 Å². The number of alkyl halides is 3. The first kappa shape index (κ1) is 21.2. The standard InChI is InChI=1S/C22H27F3N4O/c23-22(24,25)19-28-14-17(15-29-19)13-26-11-8-20(18-5-1-4-10-27-18)9-12-30-21(16-20)6-2-3-7-21/h1,4-5,10,14-15,26H,2-3,6-9,11-13,16H2. The van der Waals surface area contributed by atoms with Crippen LogP contribution in [0.15, 0.2) is 36.8 Å². The summed E-state index contributed by atoms with van der Waals surface area (Å²) in [6, 6.07) is 6.08. The summed E-state index contributed by atoms with van der Waals surface area (Å²) in [5.74, 6) is -1.11. The third-order valence-electron chi connectivity index (χ3n) is 6.44. The number of nitrogens with one attached hydrogen (secondary N) is 1. The van der Waals surface area contributed by atoms with Crippen LogP contribution >= 0.6 is 0 Å². The Balaban J connectivity index is 1.41. The van der Waals surface area contributed by atoms with Gasteiger partial charge in [0.05, 0.1) is 5.60 Å². The Morgan fingerprint density at radius 3 is 2.47 bits per heavy atom. The molecule has 2 aromatic rings. The number of nitrogens with zero attached hydrogens (tertiary/aromatic N) is 3. The van der Waals surface area contributed by atoms with Gasteiger partial charge in [0, 0.05) is 48.4 Å². The zero-order valence-electron chi connectivity index (χ0n) is 16.9. The van der Waals surface area contributed by atoms with E-state index in [1.807, 2.05) is 18.3 Å². The molecule has 0 radical (unpaired) electrons. The zero-order valence-corrected chi connectivity index (χ0v) is 16.9. The molecule has 1 unspecified atom stereocenters. The first-order valence-corrected chi connectivity index (χ1v) is 10.6. The normalized spacial score (nSPS) is 23.7.